The number of thioether (sulfide) groups is 2. The van der Waals surface area contributed by atoms with Crippen molar-refractivity contribution in [3.8, 4) is 5.75 Å². The van der Waals surface area contributed by atoms with Gasteiger partial charge in [-0.15, -0.1) is 23.1 Å². The summed E-state index contributed by atoms with van der Waals surface area (Å²) in [4.78, 5) is 29.0. The van der Waals surface area contributed by atoms with Crippen LogP contribution in [0.25, 0.3) is 10.2 Å². The number of carbonyl (C=O) groups is 2. The minimum atomic E-state index is -0.362. The molecule has 0 spiro atoms. The van der Waals surface area contributed by atoms with Gasteiger partial charge in [0.1, 0.15) is 11.1 Å². The maximum Gasteiger partial charge on any atom is 0.248 e. The third-order valence-corrected chi connectivity index (χ3v) is 7.10. The van der Waals surface area contributed by atoms with Crippen LogP contribution in [0.5, 0.6) is 5.75 Å². The van der Waals surface area contributed by atoms with Crippen LogP contribution in [0.3, 0.4) is 0 Å². The summed E-state index contributed by atoms with van der Waals surface area (Å²) < 4.78 is 1.72. The molecule has 1 aromatic heterocycles. The third kappa shape index (κ3) is 3.96. The predicted octanol–water partition coefficient (Wildman–Crippen LogP) is 3.40. The van der Waals surface area contributed by atoms with E-state index in [4.69, 9.17) is 0 Å². The summed E-state index contributed by atoms with van der Waals surface area (Å²) in [6, 6.07) is 14.6. The number of carbonyl (C=O) groups excluding carboxylic acids is 2. The van der Waals surface area contributed by atoms with Crippen molar-refractivity contribution in [2.75, 3.05) is 12.3 Å². The molecule has 138 valence electrons. The molecule has 1 unspecified atom stereocenters. The molecule has 9 heteroatoms. The van der Waals surface area contributed by atoms with Crippen LogP contribution in [0.4, 0.5) is 0 Å². The summed E-state index contributed by atoms with van der Waals surface area (Å²) in [5.41, 5.74) is 4.44. The summed E-state index contributed by atoms with van der Waals surface area (Å²) in [6.45, 7) is -0.00299. The molecule has 2 heterocycles. The molecule has 3 aromatic rings. The first-order valence-electron chi connectivity index (χ1n) is 8.13. The Hall–Kier alpha value is -2.07. The van der Waals surface area contributed by atoms with Gasteiger partial charge < -0.3 is 5.11 Å². The third-order valence-electron chi connectivity index (χ3n) is 3.94. The smallest absolute Gasteiger partial charge is 0.248 e. The molecule has 1 aliphatic rings. The molecule has 1 atom stereocenters. The van der Waals surface area contributed by atoms with Crippen molar-refractivity contribution in [3.05, 3.63) is 54.1 Å². The van der Waals surface area contributed by atoms with E-state index in [2.05, 4.69) is 10.4 Å². The highest BCUT2D eigenvalue weighted by Crippen LogP contribution is 2.40. The predicted molar refractivity (Wildman–Crippen MR) is 109 cm³/mol. The molecule has 0 radical (unpaired) electrons. The van der Waals surface area contributed by atoms with Crippen LogP contribution in [0.15, 0.2) is 52.9 Å². The zero-order valence-electron chi connectivity index (χ0n) is 14.0. The number of hydrogen-bond donors (Lipinski definition) is 2. The number of nitrogens with zero attached hydrogens (tertiary/aromatic N) is 2. The van der Waals surface area contributed by atoms with Gasteiger partial charge in [0.05, 0.1) is 22.5 Å². The summed E-state index contributed by atoms with van der Waals surface area (Å²) in [7, 11) is 0. The van der Waals surface area contributed by atoms with Crippen molar-refractivity contribution in [1.82, 2.24) is 15.4 Å². The van der Waals surface area contributed by atoms with Crippen molar-refractivity contribution in [1.29, 1.82) is 0 Å². The topological polar surface area (TPSA) is 82.5 Å². The van der Waals surface area contributed by atoms with Crippen LogP contribution < -0.4 is 5.43 Å². The van der Waals surface area contributed by atoms with Crippen LogP contribution in [0.2, 0.25) is 0 Å². The maximum atomic E-state index is 12.3. The van der Waals surface area contributed by atoms with Crippen molar-refractivity contribution in [2.45, 2.75) is 9.71 Å². The van der Waals surface area contributed by atoms with Gasteiger partial charge in [-0.1, -0.05) is 30.3 Å². The Bertz CT molecular complexity index is 974. The number of benzene rings is 2. The summed E-state index contributed by atoms with van der Waals surface area (Å²) in [5, 5.41) is 11.0. The van der Waals surface area contributed by atoms with Crippen LogP contribution in [-0.2, 0) is 9.59 Å². The van der Waals surface area contributed by atoms with E-state index < -0.39 is 0 Å². The number of thiazole rings is 1. The second kappa shape index (κ2) is 7.89. The fourth-order valence-electron chi connectivity index (χ4n) is 2.70. The number of hydrogen-bond acceptors (Lipinski definition) is 8. The lowest BCUT2D eigenvalue weighted by Crippen LogP contribution is -2.43. The van der Waals surface area contributed by atoms with Crippen LogP contribution in [0, 0.1) is 0 Å². The Morgan fingerprint density at radius 3 is 2.85 bits per heavy atom. The first-order chi connectivity index (χ1) is 13.1. The molecule has 4 rings (SSSR count). The van der Waals surface area contributed by atoms with Gasteiger partial charge in [-0.05, 0) is 30.0 Å². The van der Waals surface area contributed by atoms with Gasteiger partial charge in [0.25, 0.3) is 0 Å². The Labute approximate surface area is 167 Å². The summed E-state index contributed by atoms with van der Waals surface area (Å²) in [6.07, 6.45) is 0. The molecule has 0 bridgehead atoms. The number of hydrazine groups is 1. The Morgan fingerprint density at radius 1 is 1.26 bits per heavy atom. The van der Waals surface area contributed by atoms with Crippen molar-refractivity contribution < 1.29 is 14.7 Å². The average Bonchev–Trinajstić information content (AvgIpc) is 3.23. The van der Waals surface area contributed by atoms with E-state index in [-0.39, 0.29) is 28.7 Å². The average molecular weight is 418 g/mol. The van der Waals surface area contributed by atoms with E-state index in [0.29, 0.717) is 15.7 Å². The molecule has 1 aliphatic heterocycles. The van der Waals surface area contributed by atoms with Crippen LogP contribution in [-0.4, -0.2) is 38.4 Å². The summed E-state index contributed by atoms with van der Waals surface area (Å²) in [5.74, 6) is 0.309. The Kier molecular flexibility index (Phi) is 5.35. The standard InChI is InChI=1S/C18H15N3O3S3/c22-13-7-3-1-5-11(13)17-21(15(23)10-25-17)19-9-16(24)27-18-20-12-6-2-4-8-14(12)26-18/h1-8,17,19,22H,9-10H2. The first-order valence-corrected chi connectivity index (χ1v) is 10.8. The fourth-order valence-corrected chi connectivity index (χ4v) is 5.75. The minimum absolute atomic E-state index is 0.00299. The molecule has 6 nitrogen and oxygen atoms in total. The normalized spacial score (nSPS) is 17.0. The van der Waals surface area contributed by atoms with E-state index in [0.717, 1.165) is 22.0 Å². The number of amides is 1. The van der Waals surface area contributed by atoms with E-state index in [1.54, 1.807) is 18.2 Å². The van der Waals surface area contributed by atoms with E-state index >= 15 is 0 Å². The quantitative estimate of drug-likeness (QED) is 0.616. The highest BCUT2D eigenvalue weighted by atomic mass is 32.2. The number of aromatic hydroxyl groups is 1. The Morgan fingerprint density at radius 2 is 2.04 bits per heavy atom. The van der Waals surface area contributed by atoms with Gasteiger partial charge in [0.2, 0.25) is 11.0 Å². The number of phenolic OH excluding ortho intramolecular Hbond substituents is 1. The number of aromatic nitrogens is 1. The van der Waals surface area contributed by atoms with Gasteiger partial charge in [0.15, 0.2) is 4.34 Å². The molecule has 1 fully saturated rings. The number of fused-ring (bicyclic) bond motifs is 1. The molecule has 27 heavy (non-hydrogen) atoms. The highest BCUT2D eigenvalue weighted by molar-refractivity contribution is 8.15. The lowest BCUT2D eigenvalue weighted by atomic mass is 10.2. The van der Waals surface area contributed by atoms with Crippen LogP contribution in [0.1, 0.15) is 10.9 Å². The van der Waals surface area contributed by atoms with Gasteiger partial charge in [0, 0.05) is 5.56 Å². The van der Waals surface area contributed by atoms with Crippen molar-refractivity contribution in [3.63, 3.8) is 0 Å². The highest BCUT2D eigenvalue weighted by Gasteiger charge is 2.34. The fraction of sp³-hybridized carbons (Fsp3) is 0.167. The maximum absolute atomic E-state index is 12.3. The second-order valence-corrected chi connectivity index (χ2v) is 9.15. The van der Waals surface area contributed by atoms with Gasteiger partial charge >= 0.3 is 0 Å². The van der Waals surface area contributed by atoms with Crippen LogP contribution >= 0.6 is 34.9 Å². The van der Waals surface area contributed by atoms with E-state index in [9.17, 15) is 14.7 Å². The lowest BCUT2D eigenvalue weighted by Gasteiger charge is -2.24. The molecule has 2 aromatic carbocycles. The number of para-hydroxylation sites is 2. The second-order valence-electron chi connectivity index (χ2n) is 5.74. The molecular weight excluding hydrogens is 402 g/mol. The largest absolute Gasteiger partial charge is 0.508 e. The van der Waals surface area contributed by atoms with Gasteiger partial charge in [-0.3, -0.25) is 14.6 Å². The zero-order valence-corrected chi connectivity index (χ0v) is 16.4. The SMILES string of the molecule is O=C(CNN1C(=O)CSC1c1ccccc1O)Sc1nc2ccccc2s1. The monoisotopic (exact) mass is 417 g/mol. The zero-order chi connectivity index (χ0) is 18.8. The molecular formula is C18H15N3O3S3. The molecule has 1 amide bonds. The van der Waals surface area contributed by atoms with Gasteiger partial charge in [-0.25, -0.2) is 10.4 Å². The lowest BCUT2D eigenvalue weighted by molar-refractivity contribution is -0.131. The van der Waals surface area contributed by atoms with Gasteiger partial charge in [-0.2, -0.15) is 0 Å². The molecule has 1 saturated heterocycles. The number of nitrogens with one attached hydrogen (secondary N) is 1. The molecule has 0 saturated carbocycles. The van der Waals surface area contributed by atoms with Crippen molar-refractivity contribution in [2.24, 2.45) is 0 Å². The molecule has 0 aliphatic carbocycles. The van der Waals surface area contributed by atoms with E-state index in [1.807, 2.05) is 30.3 Å². The Balaban J connectivity index is 1.41. The molecule has 2 N–H and O–H groups in total. The van der Waals surface area contributed by atoms with Crippen molar-refractivity contribution >= 4 is 56.1 Å². The number of rotatable bonds is 5. The first kappa shape index (κ1) is 18.3. The summed E-state index contributed by atoms with van der Waals surface area (Å²) >= 11 is 3.95. The van der Waals surface area contributed by atoms with E-state index in [1.165, 1.54) is 28.1 Å². The minimum Gasteiger partial charge on any atom is -0.508 e. The number of phenols is 1.